The summed E-state index contributed by atoms with van der Waals surface area (Å²) in [6, 6.07) is 9.05. The van der Waals surface area contributed by atoms with Crippen molar-refractivity contribution in [2.75, 3.05) is 29.1 Å². The first kappa shape index (κ1) is 22.4. The number of likely N-dealkylation sites (N-methyl/N-ethyl adjacent to an activating group) is 1. The molecule has 0 spiro atoms. The molecule has 164 valence electrons. The molecule has 0 unspecified atom stereocenters. The number of benzene rings is 2. The number of hydrogen-bond acceptors (Lipinski definition) is 4. The molecule has 9 heteroatoms. The fraction of sp³-hybridized carbons (Fsp3) is 0.318. The van der Waals surface area contributed by atoms with Gasteiger partial charge in [0.05, 0.1) is 24.0 Å². The van der Waals surface area contributed by atoms with E-state index in [4.69, 9.17) is 0 Å². The number of carbonyl (C=O) groups excluding carboxylic acids is 3. The van der Waals surface area contributed by atoms with Crippen molar-refractivity contribution >= 4 is 34.8 Å². The van der Waals surface area contributed by atoms with E-state index in [1.165, 1.54) is 22.8 Å². The standard InChI is InChI=1S/C22H24F2N4O3/c1-13-11-19(29)25-17-9-4-5-10-18(17)28(13)20(30)12-27(3)14(2)22(31)26-21-15(23)7-6-8-16(21)24/h4-10,13-14H,11-12H2,1-3H3,(H,25,29)(H,26,31)/t13-,14+/m0/s1. The Morgan fingerprint density at radius 2 is 1.84 bits per heavy atom. The van der Waals surface area contributed by atoms with Crippen molar-refractivity contribution in [2.45, 2.75) is 32.4 Å². The molecule has 2 aromatic rings. The van der Waals surface area contributed by atoms with Crippen LogP contribution in [0.25, 0.3) is 0 Å². The van der Waals surface area contributed by atoms with E-state index in [1.807, 2.05) is 0 Å². The van der Waals surface area contributed by atoms with Crippen molar-refractivity contribution in [3.05, 3.63) is 54.1 Å². The maximum Gasteiger partial charge on any atom is 0.241 e. The highest BCUT2D eigenvalue weighted by molar-refractivity contribution is 6.05. The minimum Gasteiger partial charge on any atom is -0.324 e. The Hall–Kier alpha value is -3.33. The zero-order valence-electron chi connectivity index (χ0n) is 17.5. The van der Waals surface area contributed by atoms with E-state index in [9.17, 15) is 23.2 Å². The van der Waals surface area contributed by atoms with Crippen molar-refractivity contribution < 1.29 is 23.2 Å². The molecule has 3 rings (SSSR count). The van der Waals surface area contributed by atoms with Crippen molar-refractivity contribution in [1.82, 2.24) is 4.90 Å². The molecule has 2 atom stereocenters. The van der Waals surface area contributed by atoms with Gasteiger partial charge in [-0.3, -0.25) is 19.3 Å². The summed E-state index contributed by atoms with van der Waals surface area (Å²) in [5.74, 6) is -2.92. The van der Waals surface area contributed by atoms with Gasteiger partial charge in [0.15, 0.2) is 0 Å². The number of halogens is 2. The fourth-order valence-electron chi connectivity index (χ4n) is 3.44. The van der Waals surface area contributed by atoms with Crippen molar-refractivity contribution in [3.63, 3.8) is 0 Å². The minimum absolute atomic E-state index is 0.132. The van der Waals surface area contributed by atoms with Crippen molar-refractivity contribution in [2.24, 2.45) is 0 Å². The normalized spacial score (nSPS) is 16.9. The van der Waals surface area contributed by atoms with Crippen LogP contribution in [0.2, 0.25) is 0 Å². The molecule has 0 bridgehead atoms. The summed E-state index contributed by atoms with van der Waals surface area (Å²) in [5.41, 5.74) is 0.581. The Labute approximate surface area is 179 Å². The summed E-state index contributed by atoms with van der Waals surface area (Å²) in [6.07, 6.45) is 0.132. The van der Waals surface area contributed by atoms with Crippen LogP contribution >= 0.6 is 0 Å². The fourth-order valence-corrected chi connectivity index (χ4v) is 3.44. The summed E-state index contributed by atoms with van der Waals surface area (Å²) in [7, 11) is 1.57. The molecule has 0 saturated heterocycles. The lowest BCUT2D eigenvalue weighted by atomic mass is 10.1. The summed E-state index contributed by atoms with van der Waals surface area (Å²) < 4.78 is 27.6. The topological polar surface area (TPSA) is 81.8 Å². The summed E-state index contributed by atoms with van der Waals surface area (Å²) >= 11 is 0. The van der Waals surface area contributed by atoms with Gasteiger partial charge in [-0.2, -0.15) is 0 Å². The highest BCUT2D eigenvalue weighted by atomic mass is 19.1. The van der Waals surface area contributed by atoms with Gasteiger partial charge >= 0.3 is 0 Å². The van der Waals surface area contributed by atoms with Gasteiger partial charge in [0, 0.05) is 12.5 Å². The van der Waals surface area contributed by atoms with E-state index in [1.54, 1.807) is 38.2 Å². The maximum atomic E-state index is 13.8. The van der Waals surface area contributed by atoms with E-state index in [-0.39, 0.29) is 30.8 Å². The second-order valence-electron chi connectivity index (χ2n) is 7.56. The molecule has 0 aliphatic carbocycles. The first-order valence-corrected chi connectivity index (χ1v) is 9.85. The monoisotopic (exact) mass is 430 g/mol. The lowest BCUT2D eigenvalue weighted by Gasteiger charge is -2.31. The van der Waals surface area contributed by atoms with Crippen LogP contribution < -0.4 is 15.5 Å². The van der Waals surface area contributed by atoms with Crippen LogP contribution in [-0.4, -0.2) is 48.3 Å². The zero-order valence-corrected chi connectivity index (χ0v) is 17.5. The SMILES string of the molecule is C[C@H](C(=O)Nc1c(F)cccc1F)N(C)CC(=O)N1c2ccccc2NC(=O)C[C@@H]1C. The molecule has 7 nitrogen and oxygen atoms in total. The van der Waals surface area contributed by atoms with Gasteiger partial charge in [-0.15, -0.1) is 0 Å². The van der Waals surface area contributed by atoms with E-state index in [0.717, 1.165) is 12.1 Å². The molecule has 0 aromatic heterocycles. The van der Waals surface area contributed by atoms with E-state index in [2.05, 4.69) is 10.6 Å². The lowest BCUT2D eigenvalue weighted by molar-refractivity contribution is -0.123. The van der Waals surface area contributed by atoms with Crippen molar-refractivity contribution in [3.8, 4) is 0 Å². The largest absolute Gasteiger partial charge is 0.324 e. The second-order valence-corrected chi connectivity index (χ2v) is 7.56. The zero-order chi connectivity index (χ0) is 22.7. The minimum atomic E-state index is -0.883. The third kappa shape index (κ3) is 4.88. The molecule has 2 aromatic carbocycles. The van der Waals surface area contributed by atoms with Crippen LogP contribution in [0.1, 0.15) is 20.3 Å². The first-order valence-electron chi connectivity index (χ1n) is 9.85. The van der Waals surface area contributed by atoms with Crippen LogP contribution in [-0.2, 0) is 14.4 Å². The molecule has 0 radical (unpaired) electrons. The number of anilines is 3. The van der Waals surface area contributed by atoms with Crippen LogP contribution in [0.4, 0.5) is 25.8 Å². The third-order valence-electron chi connectivity index (χ3n) is 5.26. The van der Waals surface area contributed by atoms with Gasteiger partial charge in [0.2, 0.25) is 17.7 Å². The highest BCUT2D eigenvalue weighted by Crippen LogP contribution is 2.31. The van der Waals surface area contributed by atoms with Crippen LogP contribution in [0, 0.1) is 11.6 Å². The number of fused-ring (bicyclic) bond motifs is 1. The van der Waals surface area contributed by atoms with E-state index < -0.39 is 29.3 Å². The summed E-state index contributed by atoms with van der Waals surface area (Å²) in [5, 5.41) is 5.03. The Morgan fingerprint density at radius 1 is 1.19 bits per heavy atom. The predicted octanol–water partition coefficient (Wildman–Crippen LogP) is 2.99. The average Bonchev–Trinajstić information content (AvgIpc) is 2.84. The molecular weight excluding hydrogens is 406 g/mol. The molecule has 31 heavy (non-hydrogen) atoms. The van der Waals surface area contributed by atoms with Gasteiger partial charge in [-0.1, -0.05) is 18.2 Å². The molecule has 1 aliphatic rings. The van der Waals surface area contributed by atoms with Crippen LogP contribution in [0.3, 0.4) is 0 Å². The molecular formula is C22H24F2N4O3. The number of amides is 3. The number of rotatable bonds is 5. The van der Waals surface area contributed by atoms with Gasteiger partial charge in [-0.05, 0) is 45.2 Å². The molecule has 3 amide bonds. The number of para-hydroxylation sites is 3. The Balaban J connectivity index is 1.73. The first-order chi connectivity index (χ1) is 14.7. The third-order valence-corrected chi connectivity index (χ3v) is 5.26. The smallest absolute Gasteiger partial charge is 0.241 e. The molecule has 0 saturated carbocycles. The summed E-state index contributed by atoms with van der Waals surface area (Å²) in [4.78, 5) is 40.7. The predicted molar refractivity (Wildman–Crippen MR) is 114 cm³/mol. The van der Waals surface area contributed by atoms with Gasteiger partial charge in [0.1, 0.15) is 17.3 Å². The van der Waals surface area contributed by atoms with E-state index in [0.29, 0.717) is 11.4 Å². The number of nitrogens with one attached hydrogen (secondary N) is 2. The van der Waals surface area contributed by atoms with Crippen LogP contribution in [0.5, 0.6) is 0 Å². The summed E-state index contributed by atoms with van der Waals surface area (Å²) in [6.45, 7) is 3.17. The lowest BCUT2D eigenvalue weighted by Crippen LogP contribution is -2.48. The van der Waals surface area contributed by atoms with Gasteiger partial charge < -0.3 is 15.5 Å². The highest BCUT2D eigenvalue weighted by Gasteiger charge is 2.31. The quantitative estimate of drug-likeness (QED) is 0.764. The Bertz CT molecular complexity index is 994. The second kappa shape index (κ2) is 9.22. The Kier molecular flexibility index (Phi) is 6.65. The number of carbonyl (C=O) groups is 3. The van der Waals surface area contributed by atoms with Crippen LogP contribution in [0.15, 0.2) is 42.5 Å². The number of hydrogen-bond donors (Lipinski definition) is 2. The molecule has 0 fully saturated rings. The van der Waals surface area contributed by atoms with Crippen molar-refractivity contribution in [1.29, 1.82) is 0 Å². The molecule has 2 N–H and O–H groups in total. The maximum absolute atomic E-state index is 13.8. The Morgan fingerprint density at radius 3 is 2.52 bits per heavy atom. The van der Waals surface area contributed by atoms with E-state index >= 15 is 0 Å². The molecule has 1 heterocycles. The average molecular weight is 430 g/mol. The number of nitrogens with zero attached hydrogens (tertiary/aromatic N) is 2. The van der Waals surface area contributed by atoms with Gasteiger partial charge in [0.25, 0.3) is 0 Å². The van der Waals surface area contributed by atoms with Gasteiger partial charge in [-0.25, -0.2) is 8.78 Å². The molecule has 1 aliphatic heterocycles.